The van der Waals surface area contributed by atoms with E-state index in [9.17, 15) is 4.79 Å². The van der Waals surface area contributed by atoms with Crippen LogP contribution >= 0.6 is 0 Å². The van der Waals surface area contributed by atoms with Gasteiger partial charge in [0, 0.05) is 0 Å². The number of allylic oxidation sites excluding steroid dienone is 2. The monoisotopic (exact) mass is 282 g/mol. The van der Waals surface area contributed by atoms with Gasteiger partial charge in [-0.15, -0.1) is 6.58 Å². The summed E-state index contributed by atoms with van der Waals surface area (Å²) in [5, 5.41) is 0. The van der Waals surface area contributed by atoms with Crippen LogP contribution in [0.2, 0.25) is 0 Å². The largest absolute Gasteiger partial charge is 0.349 e. The van der Waals surface area contributed by atoms with Gasteiger partial charge in [0.1, 0.15) is 6.29 Å². The third-order valence-electron chi connectivity index (χ3n) is 2.94. The Kier molecular flexibility index (Phi) is 13.8. The molecule has 0 atom stereocenters. The van der Waals surface area contributed by atoms with Crippen molar-refractivity contribution in [2.24, 2.45) is 0 Å². The van der Waals surface area contributed by atoms with Gasteiger partial charge in [0.25, 0.3) is 0 Å². The molecule has 0 saturated heterocycles. The van der Waals surface area contributed by atoms with Crippen LogP contribution < -0.4 is 0 Å². The summed E-state index contributed by atoms with van der Waals surface area (Å²) in [6.45, 7) is 9.31. The SMILES string of the molecule is C=CCC(C=O)=CC(OCCCCC)OCCCCC. The minimum Gasteiger partial charge on any atom is -0.349 e. The smallest absolute Gasteiger partial charge is 0.177 e. The Bertz CT molecular complexity index is 259. The van der Waals surface area contributed by atoms with Crippen LogP contribution in [-0.4, -0.2) is 25.8 Å². The van der Waals surface area contributed by atoms with Gasteiger partial charge in [-0.1, -0.05) is 45.6 Å². The molecule has 0 amide bonds. The molecule has 0 aromatic heterocycles. The summed E-state index contributed by atoms with van der Waals surface area (Å²) in [5.74, 6) is 0. The lowest BCUT2D eigenvalue weighted by Crippen LogP contribution is -2.17. The molecule has 0 aliphatic heterocycles. The van der Waals surface area contributed by atoms with E-state index in [2.05, 4.69) is 20.4 Å². The molecule has 0 unspecified atom stereocenters. The third-order valence-corrected chi connectivity index (χ3v) is 2.94. The average molecular weight is 282 g/mol. The molecule has 0 saturated carbocycles. The minimum atomic E-state index is -0.413. The summed E-state index contributed by atoms with van der Waals surface area (Å²) in [6, 6.07) is 0. The van der Waals surface area contributed by atoms with Crippen molar-refractivity contribution in [1.29, 1.82) is 0 Å². The average Bonchev–Trinajstić information content (AvgIpc) is 2.46. The molecular formula is C17H30O3. The van der Waals surface area contributed by atoms with E-state index >= 15 is 0 Å². The van der Waals surface area contributed by atoms with E-state index in [4.69, 9.17) is 9.47 Å². The molecular weight excluding hydrogens is 252 g/mol. The van der Waals surface area contributed by atoms with Gasteiger partial charge in [0.2, 0.25) is 0 Å². The molecule has 3 heteroatoms. The van der Waals surface area contributed by atoms with Gasteiger partial charge >= 0.3 is 0 Å². The van der Waals surface area contributed by atoms with Gasteiger partial charge in [-0.3, -0.25) is 4.79 Å². The van der Waals surface area contributed by atoms with Crippen molar-refractivity contribution >= 4 is 6.29 Å². The van der Waals surface area contributed by atoms with Gasteiger partial charge in [-0.05, 0) is 30.9 Å². The highest BCUT2D eigenvalue weighted by Gasteiger charge is 2.07. The normalized spacial score (nSPS) is 11.8. The fraction of sp³-hybridized carbons (Fsp3) is 0.706. The molecule has 0 spiro atoms. The Morgan fingerprint density at radius 1 is 1.05 bits per heavy atom. The van der Waals surface area contributed by atoms with Gasteiger partial charge in [0.15, 0.2) is 6.29 Å². The maximum absolute atomic E-state index is 11.0. The van der Waals surface area contributed by atoms with E-state index in [1.165, 1.54) is 0 Å². The van der Waals surface area contributed by atoms with Crippen LogP contribution in [0.4, 0.5) is 0 Å². The van der Waals surface area contributed by atoms with Crippen molar-refractivity contribution in [3.8, 4) is 0 Å². The van der Waals surface area contributed by atoms with Crippen LogP contribution in [-0.2, 0) is 14.3 Å². The van der Waals surface area contributed by atoms with Crippen LogP contribution in [0.1, 0.15) is 58.8 Å². The van der Waals surface area contributed by atoms with E-state index in [1.807, 2.05) is 0 Å². The van der Waals surface area contributed by atoms with Crippen LogP contribution in [0, 0.1) is 0 Å². The zero-order chi connectivity index (χ0) is 15.1. The van der Waals surface area contributed by atoms with E-state index in [-0.39, 0.29) is 0 Å². The second kappa shape index (κ2) is 14.5. The topological polar surface area (TPSA) is 35.5 Å². The van der Waals surface area contributed by atoms with E-state index in [0.717, 1.165) is 44.8 Å². The molecule has 0 bridgehead atoms. The minimum absolute atomic E-state index is 0.413. The molecule has 0 heterocycles. The molecule has 0 aromatic rings. The first-order valence-electron chi connectivity index (χ1n) is 7.78. The van der Waals surface area contributed by atoms with E-state index in [1.54, 1.807) is 12.2 Å². The number of hydrogen-bond donors (Lipinski definition) is 0. The molecule has 20 heavy (non-hydrogen) atoms. The summed E-state index contributed by atoms with van der Waals surface area (Å²) in [7, 11) is 0. The lowest BCUT2D eigenvalue weighted by molar-refractivity contribution is -0.115. The Hall–Kier alpha value is -0.930. The van der Waals surface area contributed by atoms with Crippen LogP contribution in [0.5, 0.6) is 0 Å². The standard InChI is InChI=1S/C17H30O3/c1-4-7-9-12-19-17(20-13-10-8-5-2)14-16(15-18)11-6-3/h6,14-15,17H,3-5,7-13H2,1-2H3. The number of ether oxygens (including phenoxy) is 2. The first kappa shape index (κ1) is 19.1. The number of carbonyl (C=O) groups is 1. The summed E-state index contributed by atoms with van der Waals surface area (Å²) in [5.41, 5.74) is 0.663. The predicted molar refractivity (Wildman–Crippen MR) is 83.7 cm³/mol. The lowest BCUT2D eigenvalue weighted by Gasteiger charge is -2.16. The molecule has 116 valence electrons. The summed E-state index contributed by atoms with van der Waals surface area (Å²) >= 11 is 0. The number of carbonyl (C=O) groups excluding carboxylic acids is 1. The van der Waals surface area contributed by atoms with Gasteiger partial charge in [0.05, 0.1) is 13.2 Å². The van der Waals surface area contributed by atoms with Crippen LogP contribution in [0.25, 0.3) is 0 Å². The fourth-order valence-electron chi connectivity index (χ4n) is 1.74. The molecule has 3 nitrogen and oxygen atoms in total. The second-order valence-corrected chi connectivity index (χ2v) is 4.88. The van der Waals surface area contributed by atoms with Crippen molar-refractivity contribution in [1.82, 2.24) is 0 Å². The zero-order valence-corrected chi connectivity index (χ0v) is 13.1. The van der Waals surface area contributed by atoms with E-state index < -0.39 is 6.29 Å². The maximum Gasteiger partial charge on any atom is 0.177 e. The van der Waals surface area contributed by atoms with Gasteiger partial charge < -0.3 is 9.47 Å². The molecule has 0 rings (SSSR count). The summed E-state index contributed by atoms with van der Waals surface area (Å²) in [4.78, 5) is 11.0. The molecule has 0 radical (unpaired) electrons. The van der Waals surface area contributed by atoms with E-state index in [0.29, 0.717) is 25.2 Å². The highest BCUT2D eigenvalue weighted by atomic mass is 16.7. The molecule has 0 aliphatic rings. The van der Waals surface area contributed by atoms with Crippen LogP contribution in [0.3, 0.4) is 0 Å². The first-order chi connectivity index (χ1) is 9.78. The third kappa shape index (κ3) is 10.9. The molecule has 0 aliphatic carbocycles. The number of rotatable bonds is 14. The van der Waals surface area contributed by atoms with Crippen molar-refractivity contribution < 1.29 is 14.3 Å². The molecule has 0 aromatic carbocycles. The van der Waals surface area contributed by atoms with Crippen LogP contribution in [0.15, 0.2) is 24.3 Å². The highest BCUT2D eigenvalue weighted by Crippen LogP contribution is 2.08. The Morgan fingerprint density at radius 2 is 1.60 bits per heavy atom. The van der Waals surface area contributed by atoms with Crippen molar-refractivity contribution in [2.75, 3.05) is 13.2 Å². The number of hydrogen-bond acceptors (Lipinski definition) is 3. The maximum atomic E-state index is 11.0. The van der Waals surface area contributed by atoms with Crippen molar-refractivity contribution in [2.45, 2.75) is 65.1 Å². The number of aldehydes is 1. The highest BCUT2D eigenvalue weighted by molar-refractivity contribution is 5.73. The second-order valence-electron chi connectivity index (χ2n) is 4.88. The Balaban J connectivity index is 4.27. The summed E-state index contributed by atoms with van der Waals surface area (Å²) < 4.78 is 11.4. The quantitative estimate of drug-likeness (QED) is 0.155. The van der Waals surface area contributed by atoms with Gasteiger partial charge in [-0.2, -0.15) is 0 Å². The van der Waals surface area contributed by atoms with Gasteiger partial charge in [-0.25, -0.2) is 0 Å². The summed E-state index contributed by atoms with van der Waals surface area (Å²) in [6.07, 6.45) is 11.2. The Labute approximate surface area is 124 Å². The number of unbranched alkanes of at least 4 members (excludes halogenated alkanes) is 4. The first-order valence-corrected chi connectivity index (χ1v) is 7.78. The molecule has 0 fully saturated rings. The van der Waals surface area contributed by atoms with Crippen molar-refractivity contribution in [3.05, 3.63) is 24.3 Å². The molecule has 0 N–H and O–H groups in total. The Morgan fingerprint density at radius 3 is 2.00 bits per heavy atom. The zero-order valence-electron chi connectivity index (χ0n) is 13.1. The lowest BCUT2D eigenvalue weighted by atomic mass is 10.2. The predicted octanol–water partition coefficient (Wildman–Crippen LogP) is 4.43. The van der Waals surface area contributed by atoms with Crippen molar-refractivity contribution in [3.63, 3.8) is 0 Å². The fourth-order valence-corrected chi connectivity index (χ4v) is 1.74.